The zero-order valence-corrected chi connectivity index (χ0v) is 18.8. The van der Waals surface area contributed by atoms with E-state index in [1.807, 2.05) is 23.1 Å². The van der Waals surface area contributed by atoms with E-state index in [4.69, 9.17) is 4.98 Å². The summed E-state index contributed by atoms with van der Waals surface area (Å²) in [5.41, 5.74) is 2.19. The minimum Gasteiger partial charge on any atom is -0.340 e. The molecule has 1 aromatic carbocycles. The fourth-order valence-corrected chi connectivity index (χ4v) is 4.50. The van der Waals surface area contributed by atoms with Gasteiger partial charge in [0.2, 0.25) is 11.8 Å². The van der Waals surface area contributed by atoms with Crippen molar-refractivity contribution >= 4 is 41.6 Å². The first-order valence-corrected chi connectivity index (χ1v) is 11.0. The maximum absolute atomic E-state index is 12.5. The van der Waals surface area contributed by atoms with Gasteiger partial charge >= 0.3 is 6.03 Å². The van der Waals surface area contributed by atoms with Crippen molar-refractivity contribution in [2.75, 3.05) is 39.3 Å². The standard InChI is InChI=1S/C21H25N5O3S.ClH/c27-18-6-8-26(21(29)23-18)9-7-19(28)25-12-10-24(11-13-25)14-17-15-30-20(22-17)16-4-2-1-3-5-16;/h1-5,15H,6-14H2,(H,23,27,29);1H. The molecule has 0 bridgehead atoms. The highest BCUT2D eigenvalue weighted by Crippen LogP contribution is 2.24. The zero-order valence-electron chi connectivity index (χ0n) is 17.2. The van der Waals surface area contributed by atoms with Gasteiger partial charge in [-0.05, 0) is 0 Å². The van der Waals surface area contributed by atoms with Crippen molar-refractivity contribution in [1.29, 1.82) is 0 Å². The molecule has 3 heterocycles. The van der Waals surface area contributed by atoms with Gasteiger partial charge in [0.05, 0.1) is 5.69 Å². The number of carbonyl (C=O) groups is 3. The number of aromatic nitrogens is 1. The van der Waals surface area contributed by atoms with Crippen LogP contribution in [0.3, 0.4) is 0 Å². The van der Waals surface area contributed by atoms with Crippen LogP contribution in [0.1, 0.15) is 18.5 Å². The molecule has 31 heavy (non-hydrogen) atoms. The van der Waals surface area contributed by atoms with Gasteiger partial charge in [0.15, 0.2) is 0 Å². The monoisotopic (exact) mass is 463 g/mol. The first-order valence-electron chi connectivity index (χ1n) is 10.2. The van der Waals surface area contributed by atoms with Gasteiger partial charge in [-0.2, -0.15) is 0 Å². The molecule has 0 saturated carbocycles. The third kappa shape index (κ3) is 6.03. The van der Waals surface area contributed by atoms with E-state index in [0.717, 1.165) is 35.9 Å². The number of hydrogen-bond acceptors (Lipinski definition) is 6. The molecule has 4 amide bonds. The normalized spacial score (nSPS) is 17.3. The Kier molecular flexibility index (Phi) is 8.00. The molecule has 0 unspecified atom stereocenters. The van der Waals surface area contributed by atoms with Crippen LogP contribution in [0, 0.1) is 0 Å². The highest BCUT2D eigenvalue weighted by molar-refractivity contribution is 7.13. The Morgan fingerprint density at radius 1 is 1.06 bits per heavy atom. The number of halogens is 1. The van der Waals surface area contributed by atoms with Crippen LogP contribution in [0.25, 0.3) is 10.6 Å². The molecule has 4 rings (SSSR count). The first-order chi connectivity index (χ1) is 14.6. The second-order valence-electron chi connectivity index (χ2n) is 7.51. The summed E-state index contributed by atoms with van der Waals surface area (Å²) in [4.78, 5) is 45.9. The van der Waals surface area contributed by atoms with Crippen molar-refractivity contribution in [3.05, 3.63) is 41.4 Å². The van der Waals surface area contributed by atoms with E-state index in [1.165, 1.54) is 4.90 Å². The number of urea groups is 1. The van der Waals surface area contributed by atoms with Crippen molar-refractivity contribution in [3.8, 4) is 10.6 Å². The van der Waals surface area contributed by atoms with Gasteiger partial charge in [-0.25, -0.2) is 9.78 Å². The molecule has 0 radical (unpaired) electrons. The summed E-state index contributed by atoms with van der Waals surface area (Å²) in [5, 5.41) is 5.42. The summed E-state index contributed by atoms with van der Waals surface area (Å²) in [6, 6.07) is 9.77. The number of nitrogens with zero attached hydrogens (tertiary/aromatic N) is 4. The minimum atomic E-state index is -0.401. The second-order valence-corrected chi connectivity index (χ2v) is 8.37. The molecular weight excluding hydrogens is 438 g/mol. The number of carbonyl (C=O) groups excluding carboxylic acids is 3. The molecule has 8 nitrogen and oxygen atoms in total. The van der Waals surface area contributed by atoms with E-state index in [0.29, 0.717) is 32.6 Å². The molecule has 1 aromatic heterocycles. The van der Waals surface area contributed by atoms with E-state index in [-0.39, 0.29) is 30.6 Å². The summed E-state index contributed by atoms with van der Waals surface area (Å²) >= 11 is 1.66. The SMILES string of the molecule is Cl.O=C1CCN(CCC(=O)N2CCN(Cc3csc(-c4ccccc4)n3)CC2)C(=O)N1. The van der Waals surface area contributed by atoms with E-state index in [2.05, 4.69) is 27.7 Å². The van der Waals surface area contributed by atoms with Crippen molar-refractivity contribution in [2.24, 2.45) is 0 Å². The fourth-order valence-electron chi connectivity index (χ4n) is 3.68. The predicted molar refractivity (Wildman–Crippen MR) is 121 cm³/mol. The van der Waals surface area contributed by atoms with Crippen LogP contribution in [0.2, 0.25) is 0 Å². The maximum atomic E-state index is 12.5. The second kappa shape index (κ2) is 10.7. The van der Waals surface area contributed by atoms with Crippen LogP contribution in [-0.2, 0) is 16.1 Å². The van der Waals surface area contributed by atoms with Crippen LogP contribution < -0.4 is 5.32 Å². The van der Waals surface area contributed by atoms with E-state index >= 15 is 0 Å². The van der Waals surface area contributed by atoms with E-state index in [9.17, 15) is 14.4 Å². The quantitative estimate of drug-likeness (QED) is 0.709. The predicted octanol–water partition coefficient (Wildman–Crippen LogP) is 2.21. The number of nitrogens with one attached hydrogen (secondary N) is 1. The number of imide groups is 1. The van der Waals surface area contributed by atoms with Gasteiger partial charge in [0, 0.05) is 69.6 Å². The van der Waals surface area contributed by atoms with E-state index in [1.54, 1.807) is 11.3 Å². The maximum Gasteiger partial charge on any atom is 0.324 e. The van der Waals surface area contributed by atoms with E-state index < -0.39 is 6.03 Å². The summed E-state index contributed by atoms with van der Waals surface area (Å²) in [6.07, 6.45) is 0.579. The molecule has 0 aliphatic carbocycles. The Morgan fingerprint density at radius 2 is 1.81 bits per heavy atom. The summed E-state index contributed by atoms with van der Waals surface area (Å²) in [7, 11) is 0. The average Bonchev–Trinajstić information content (AvgIpc) is 3.22. The molecule has 1 N–H and O–H groups in total. The molecule has 10 heteroatoms. The third-order valence-corrected chi connectivity index (χ3v) is 6.36. The Morgan fingerprint density at radius 3 is 2.52 bits per heavy atom. The number of amides is 4. The topological polar surface area (TPSA) is 85.9 Å². The molecule has 0 atom stereocenters. The molecule has 166 valence electrons. The van der Waals surface area contributed by atoms with Crippen LogP contribution in [0.15, 0.2) is 35.7 Å². The average molecular weight is 464 g/mol. The molecule has 2 saturated heterocycles. The first kappa shape index (κ1) is 23.2. The highest BCUT2D eigenvalue weighted by atomic mass is 35.5. The number of rotatable bonds is 6. The summed E-state index contributed by atoms with van der Waals surface area (Å²) < 4.78 is 0. The molecule has 2 aliphatic rings. The van der Waals surface area contributed by atoms with Gasteiger partial charge in [-0.15, -0.1) is 23.7 Å². The van der Waals surface area contributed by atoms with Gasteiger partial charge < -0.3 is 9.80 Å². The molecule has 2 aliphatic heterocycles. The lowest BCUT2D eigenvalue weighted by Crippen LogP contribution is -2.51. The number of hydrogen-bond donors (Lipinski definition) is 1. The van der Waals surface area contributed by atoms with Crippen molar-refractivity contribution in [1.82, 2.24) is 25.0 Å². The Hall–Kier alpha value is -2.49. The molecule has 2 fully saturated rings. The van der Waals surface area contributed by atoms with Gasteiger partial charge in [-0.1, -0.05) is 30.3 Å². The summed E-state index contributed by atoms with van der Waals surface area (Å²) in [6.45, 7) is 4.49. The summed E-state index contributed by atoms with van der Waals surface area (Å²) in [5.74, 6) is -0.200. The zero-order chi connectivity index (χ0) is 20.9. The van der Waals surface area contributed by atoms with Crippen molar-refractivity contribution in [3.63, 3.8) is 0 Å². The lowest BCUT2D eigenvalue weighted by molar-refractivity contribution is -0.133. The largest absolute Gasteiger partial charge is 0.340 e. The third-order valence-electron chi connectivity index (χ3n) is 5.42. The van der Waals surface area contributed by atoms with Crippen LogP contribution in [0.5, 0.6) is 0 Å². The van der Waals surface area contributed by atoms with Crippen molar-refractivity contribution < 1.29 is 14.4 Å². The molecular formula is C21H26ClN5O3S. The fraction of sp³-hybridized carbons (Fsp3) is 0.429. The van der Waals surface area contributed by atoms with Gasteiger partial charge in [0.1, 0.15) is 5.01 Å². The van der Waals surface area contributed by atoms with Crippen LogP contribution in [-0.4, -0.2) is 76.8 Å². The Labute approximate surface area is 191 Å². The lowest BCUT2D eigenvalue weighted by Gasteiger charge is -2.35. The Bertz CT molecular complexity index is 915. The van der Waals surface area contributed by atoms with Gasteiger partial charge in [0.25, 0.3) is 0 Å². The van der Waals surface area contributed by atoms with Crippen molar-refractivity contribution in [2.45, 2.75) is 19.4 Å². The Balaban J connectivity index is 0.00000272. The number of benzene rings is 1. The number of piperazine rings is 1. The lowest BCUT2D eigenvalue weighted by atomic mass is 10.2. The highest BCUT2D eigenvalue weighted by Gasteiger charge is 2.25. The van der Waals surface area contributed by atoms with Crippen LogP contribution >= 0.6 is 23.7 Å². The molecule has 2 aromatic rings. The van der Waals surface area contributed by atoms with Crippen LogP contribution in [0.4, 0.5) is 4.79 Å². The van der Waals surface area contributed by atoms with Gasteiger partial charge in [-0.3, -0.25) is 19.8 Å². The number of thiazole rings is 1. The smallest absolute Gasteiger partial charge is 0.324 e. The minimum absolute atomic E-state index is 0. The molecule has 0 spiro atoms.